The van der Waals surface area contributed by atoms with Gasteiger partial charge in [0.25, 0.3) is 0 Å². The maximum absolute atomic E-state index is 14.0. The van der Waals surface area contributed by atoms with Gasteiger partial charge in [-0.05, 0) is 30.4 Å². The second kappa shape index (κ2) is 5.29. The molecule has 0 saturated carbocycles. The van der Waals surface area contributed by atoms with E-state index in [-0.39, 0.29) is 17.0 Å². The Kier molecular flexibility index (Phi) is 4.35. The molecule has 3 nitrogen and oxygen atoms in total. The molecule has 0 bridgehead atoms. The SMILES string of the molecule is CCC(C)(N)C(=O)Oc1ccc(C(C)(C)C)c(F)c1. The lowest BCUT2D eigenvalue weighted by molar-refractivity contribution is -0.139. The molecule has 106 valence electrons. The molecule has 0 amide bonds. The summed E-state index contributed by atoms with van der Waals surface area (Å²) < 4.78 is 19.1. The second-order valence-electron chi connectivity index (χ2n) is 6.05. The Bertz CT molecular complexity index is 476. The van der Waals surface area contributed by atoms with Gasteiger partial charge in [0.2, 0.25) is 0 Å². The van der Waals surface area contributed by atoms with Gasteiger partial charge < -0.3 is 10.5 Å². The normalized spacial score (nSPS) is 14.9. The fraction of sp³-hybridized carbons (Fsp3) is 0.533. The molecular weight excluding hydrogens is 245 g/mol. The van der Waals surface area contributed by atoms with Crippen LogP contribution in [0.4, 0.5) is 4.39 Å². The molecule has 1 aromatic rings. The summed E-state index contributed by atoms with van der Waals surface area (Å²) in [6.45, 7) is 9.15. The van der Waals surface area contributed by atoms with Gasteiger partial charge in [0.15, 0.2) is 0 Å². The molecule has 1 aromatic carbocycles. The van der Waals surface area contributed by atoms with Crippen LogP contribution in [-0.2, 0) is 10.2 Å². The molecule has 0 aliphatic carbocycles. The molecule has 0 aromatic heterocycles. The number of halogens is 1. The first-order valence-corrected chi connectivity index (χ1v) is 6.39. The molecule has 1 unspecified atom stereocenters. The lowest BCUT2D eigenvalue weighted by atomic mass is 9.86. The third-order valence-corrected chi connectivity index (χ3v) is 3.16. The topological polar surface area (TPSA) is 52.3 Å². The number of hydrogen-bond acceptors (Lipinski definition) is 3. The van der Waals surface area contributed by atoms with Crippen LogP contribution in [0.15, 0.2) is 18.2 Å². The summed E-state index contributed by atoms with van der Waals surface area (Å²) in [4.78, 5) is 11.8. The lowest BCUT2D eigenvalue weighted by Gasteiger charge is -2.22. The summed E-state index contributed by atoms with van der Waals surface area (Å²) in [5, 5.41) is 0. The van der Waals surface area contributed by atoms with Crippen LogP contribution in [-0.4, -0.2) is 11.5 Å². The highest BCUT2D eigenvalue weighted by atomic mass is 19.1. The van der Waals surface area contributed by atoms with Crippen molar-refractivity contribution in [2.75, 3.05) is 0 Å². The standard InChI is InChI=1S/C15H22FNO2/c1-6-15(5,17)13(18)19-10-7-8-11(12(16)9-10)14(2,3)4/h7-9H,6,17H2,1-5H3. The average Bonchev–Trinajstić information content (AvgIpc) is 2.27. The molecule has 1 atom stereocenters. The van der Waals surface area contributed by atoms with Gasteiger partial charge in [0.05, 0.1) is 0 Å². The van der Waals surface area contributed by atoms with Gasteiger partial charge in [-0.2, -0.15) is 0 Å². The van der Waals surface area contributed by atoms with E-state index in [2.05, 4.69) is 0 Å². The number of carbonyl (C=O) groups is 1. The zero-order valence-electron chi connectivity index (χ0n) is 12.2. The molecule has 1 rings (SSSR count). The van der Waals surface area contributed by atoms with Gasteiger partial charge in [-0.3, -0.25) is 0 Å². The fourth-order valence-corrected chi connectivity index (χ4v) is 1.54. The maximum Gasteiger partial charge on any atom is 0.331 e. The third kappa shape index (κ3) is 3.77. The van der Waals surface area contributed by atoms with Crippen molar-refractivity contribution in [2.45, 2.75) is 52.0 Å². The van der Waals surface area contributed by atoms with E-state index >= 15 is 0 Å². The molecule has 0 spiro atoms. The molecule has 0 heterocycles. The van der Waals surface area contributed by atoms with Crippen LogP contribution in [0, 0.1) is 5.82 Å². The summed E-state index contributed by atoms with van der Waals surface area (Å²) in [5.41, 5.74) is 5.01. The van der Waals surface area contributed by atoms with E-state index in [1.54, 1.807) is 26.0 Å². The van der Waals surface area contributed by atoms with Crippen molar-refractivity contribution in [2.24, 2.45) is 5.73 Å². The largest absolute Gasteiger partial charge is 0.425 e. The van der Waals surface area contributed by atoms with Gasteiger partial charge in [0.1, 0.15) is 17.1 Å². The van der Waals surface area contributed by atoms with Crippen molar-refractivity contribution < 1.29 is 13.9 Å². The van der Waals surface area contributed by atoms with Crippen molar-refractivity contribution in [1.82, 2.24) is 0 Å². The lowest BCUT2D eigenvalue weighted by Crippen LogP contribution is -2.46. The Labute approximate surface area is 113 Å². The van der Waals surface area contributed by atoms with Crippen LogP contribution in [0.1, 0.15) is 46.6 Å². The van der Waals surface area contributed by atoms with Crippen LogP contribution < -0.4 is 10.5 Å². The van der Waals surface area contributed by atoms with Crippen LogP contribution in [0.3, 0.4) is 0 Å². The first kappa shape index (κ1) is 15.6. The number of nitrogens with two attached hydrogens (primary N) is 1. The number of benzene rings is 1. The molecule has 0 aliphatic rings. The Morgan fingerprint density at radius 2 is 1.89 bits per heavy atom. The van der Waals surface area contributed by atoms with Crippen LogP contribution in [0.25, 0.3) is 0 Å². The predicted octanol–water partition coefficient (Wildman–Crippen LogP) is 3.16. The summed E-state index contributed by atoms with van der Waals surface area (Å²) in [6, 6.07) is 4.45. The molecular formula is C15H22FNO2. The van der Waals surface area contributed by atoms with Crippen molar-refractivity contribution in [3.05, 3.63) is 29.6 Å². The van der Waals surface area contributed by atoms with Gasteiger partial charge in [-0.1, -0.05) is 33.8 Å². The second-order valence-corrected chi connectivity index (χ2v) is 6.05. The van der Waals surface area contributed by atoms with Crippen molar-refractivity contribution in [3.8, 4) is 5.75 Å². The van der Waals surface area contributed by atoms with Crippen LogP contribution in [0.2, 0.25) is 0 Å². The van der Waals surface area contributed by atoms with Crippen molar-refractivity contribution >= 4 is 5.97 Å². The Morgan fingerprint density at radius 1 is 1.32 bits per heavy atom. The predicted molar refractivity (Wildman–Crippen MR) is 73.6 cm³/mol. The van der Waals surface area contributed by atoms with Gasteiger partial charge in [0, 0.05) is 6.07 Å². The molecule has 4 heteroatoms. The summed E-state index contributed by atoms with van der Waals surface area (Å²) in [6.07, 6.45) is 0.453. The van der Waals surface area contributed by atoms with E-state index in [0.29, 0.717) is 12.0 Å². The summed E-state index contributed by atoms with van der Waals surface area (Å²) >= 11 is 0. The average molecular weight is 267 g/mol. The van der Waals surface area contributed by atoms with E-state index in [9.17, 15) is 9.18 Å². The minimum Gasteiger partial charge on any atom is -0.425 e. The highest BCUT2D eigenvalue weighted by Crippen LogP contribution is 2.28. The van der Waals surface area contributed by atoms with E-state index in [1.807, 2.05) is 20.8 Å². The molecule has 0 aliphatic heterocycles. The van der Waals surface area contributed by atoms with E-state index < -0.39 is 11.5 Å². The number of hydrogen-bond donors (Lipinski definition) is 1. The Morgan fingerprint density at radius 3 is 2.32 bits per heavy atom. The number of esters is 1. The third-order valence-electron chi connectivity index (χ3n) is 3.16. The van der Waals surface area contributed by atoms with Gasteiger partial charge in [-0.25, -0.2) is 9.18 Å². The first-order valence-electron chi connectivity index (χ1n) is 6.39. The number of ether oxygens (including phenoxy) is 1. The number of carbonyl (C=O) groups excluding carboxylic acids is 1. The molecule has 0 saturated heterocycles. The number of rotatable bonds is 3. The molecule has 0 fully saturated rings. The van der Waals surface area contributed by atoms with Crippen molar-refractivity contribution in [3.63, 3.8) is 0 Å². The quantitative estimate of drug-likeness (QED) is 0.676. The minimum atomic E-state index is -1.06. The fourth-order valence-electron chi connectivity index (χ4n) is 1.54. The zero-order valence-corrected chi connectivity index (χ0v) is 12.2. The molecule has 0 radical (unpaired) electrons. The highest BCUT2D eigenvalue weighted by molar-refractivity contribution is 5.82. The van der Waals surface area contributed by atoms with E-state index in [0.717, 1.165) is 0 Å². The van der Waals surface area contributed by atoms with Crippen LogP contribution in [0.5, 0.6) is 5.75 Å². The zero-order chi connectivity index (χ0) is 14.8. The van der Waals surface area contributed by atoms with Crippen LogP contribution >= 0.6 is 0 Å². The Hall–Kier alpha value is -1.42. The maximum atomic E-state index is 14.0. The van der Waals surface area contributed by atoms with Crippen molar-refractivity contribution in [1.29, 1.82) is 0 Å². The smallest absolute Gasteiger partial charge is 0.331 e. The minimum absolute atomic E-state index is 0.181. The monoisotopic (exact) mass is 267 g/mol. The van der Waals surface area contributed by atoms with E-state index in [1.165, 1.54) is 6.07 Å². The molecule has 19 heavy (non-hydrogen) atoms. The Balaban J connectivity index is 2.95. The summed E-state index contributed by atoms with van der Waals surface area (Å²) in [5.74, 6) is -0.758. The molecule has 2 N–H and O–H groups in total. The summed E-state index contributed by atoms with van der Waals surface area (Å²) in [7, 11) is 0. The van der Waals surface area contributed by atoms with Gasteiger partial charge in [-0.15, -0.1) is 0 Å². The van der Waals surface area contributed by atoms with E-state index in [4.69, 9.17) is 10.5 Å². The van der Waals surface area contributed by atoms with Gasteiger partial charge >= 0.3 is 5.97 Å². The highest BCUT2D eigenvalue weighted by Gasteiger charge is 2.28. The first-order chi connectivity index (χ1) is 8.58.